The number of benzene rings is 1. The van der Waals surface area contributed by atoms with Gasteiger partial charge in [-0.1, -0.05) is 0 Å². The molecule has 0 atom stereocenters. The largest absolute Gasteiger partial charge is 0.469 e. The molecule has 0 aliphatic heterocycles. The standard InChI is InChI=1S/C12H15IN2O4/c1-14(7-3-4-12(16)19-2)11-6-5-9(15(17)18)8-10(11)13/h5-6,8H,3-4,7H2,1-2H3. The Kier molecular flexibility index (Phi) is 6.00. The number of nitrogens with zero attached hydrogens (tertiary/aromatic N) is 2. The van der Waals surface area contributed by atoms with E-state index in [2.05, 4.69) is 27.3 Å². The first-order chi connectivity index (χ1) is 8.95. The number of carbonyl (C=O) groups is 1. The molecule has 6 nitrogen and oxygen atoms in total. The molecule has 1 rings (SSSR count). The number of halogens is 1. The molecule has 1 aromatic rings. The van der Waals surface area contributed by atoms with Gasteiger partial charge in [0.05, 0.1) is 17.7 Å². The number of hydrogen-bond donors (Lipinski definition) is 0. The maximum absolute atomic E-state index is 11.0. The smallest absolute Gasteiger partial charge is 0.305 e. The number of rotatable bonds is 6. The van der Waals surface area contributed by atoms with E-state index in [-0.39, 0.29) is 11.7 Å². The predicted octanol–water partition coefficient (Wildman–Crippen LogP) is 2.59. The molecule has 0 aliphatic carbocycles. The third-order valence-electron chi connectivity index (χ3n) is 2.66. The third-order valence-corrected chi connectivity index (χ3v) is 3.52. The van der Waals surface area contributed by atoms with E-state index in [0.717, 1.165) is 9.26 Å². The zero-order valence-electron chi connectivity index (χ0n) is 10.8. The summed E-state index contributed by atoms with van der Waals surface area (Å²) < 4.78 is 5.38. The Balaban J connectivity index is 2.64. The van der Waals surface area contributed by atoms with Gasteiger partial charge in [0.1, 0.15) is 0 Å². The quantitative estimate of drug-likeness (QED) is 0.329. The Hall–Kier alpha value is -1.38. The topological polar surface area (TPSA) is 72.7 Å². The molecule has 0 aliphatic rings. The van der Waals surface area contributed by atoms with Gasteiger partial charge in [-0.2, -0.15) is 0 Å². The predicted molar refractivity (Wildman–Crippen MR) is 80.3 cm³/mol. The average Bonchev–Trinajstić information content (AvgIpc) is 2.37. The van der Waals surface area contributed by atoms with Crippen LogP contribution in [0.5, 0.6) is 0 Å². The SMILES string of the molecule is COC(=O)CCCN(C)c1ccc([N+](=O)[O-])cc1I. The second-order valence-corrected chi connectivity index (χ2v) is 5.16. The molecule has 0 heterocycles. The molecule has 0 saturated heterocycles. The highest BCUT2D eigenvalue weighted by molar-refractivity contribution is 14.1. The number of methoxy groups -OCH3 is 1. The van der Waals surface area contributed by atoms with Gasteiger partial charge < -0.3 is 9.64 Å². The number of anilines is 1. The van der Waals surface area contributed by atoms with E-state index < -0.39 is 4.92 Å². The normalized spacial score (nSPS) is 10.1. The molecular formula is C12H15IN2O4. The van der Waals surface area contributed by atoms with Crippen LogP contribution >= 0.6 is 22.6 Å². The van der Waals surface area contributed by atoms with Gasteiger partial charge in [0, 0.05) is 35.7 Å². The fourth-order valence-electron chi connectivity index (χ4n) is 1.60. The van der Waals surface area contributed by atoms with Gasteiger partial charge in [-0.15, -0.1) is 0 Å². The zero-order valence-corrected chi connectivity index (χ0v) is 12.9. The van der Waals surface area contributed by atoms with Crippen LogP contribution in [0.1, 0.15) is 12.8 Å². The summed E-state index contributed by atoms with van der Waals surface area (Å²) in [5.41, 5.74) is 0.993. The minimum atomic E-state index is -0.413. The Morgan fingerprint density at radius 1 is 1.53 bits per heavy atom. The molecule has 0 amide bonds. The molecule has 7 heteroatoms. The van der Waals surface area contributed by atoms with Crippen molar-refractivity contribution in [3.05, 3.63) is 31.9 Å². The van der Waals surface area contributed by atoms with E-state index in [0.29, 0.717) is 19.4 Å². The van der Waals surface area contributed by atoms with Crippen LogP contribution in [-0.2, 0) is 9.53 Å². The van der Waals surface area contributed by atoms with Crippen molar-refractivity contribution in [3.8, 4) is 0 Å². The monoisotopic (exact) mass is 378 g/mol. The number of non-ortho nitro benzene ring substituents is 1. The number of hydrogen-bond acceptors (Lipinski definition) is 5. The lowest BCUT2D eigenvalue weighted by Gasteiger charge is -2.20. The van der Waals surface area contributed by atoms with Gasteiger partial charge in [0.15, 0.2) is 0 Å². The van der Waals surface area contributed by atoms with Crippen LogP contribution < -0.4 is 4.90 Å². The van der Waals surface area contributed by atoms with Crippen molar-refractivity contribution in [2.24, 2.45) is 0 Å². The summed E-state index contributed by atoms with van der Waals surface area (Å²) >= 11 is 2.07. The summed E-state index contributed by atoms with van der Waals surface area (Å²) in [5.74, 6) is -0.230. The lowest BCUT2D eigenvalue weighted by Crippen LogP contribution is -2.20. The highest BCUT2D eigenvalue weighted by Gasteiger charge is 2.12. The van der Waals surface area contributed by atoms with Crippen LogP contribution in [0.15, 0.2) is 18.2 Å². The summed E-state index contributed by atoms with van der Waals surface area (Å²) in [7, 11) is 3.26. The number of nitro benzene ring substituents is 1. The van der Waals surface area contributed by atoms with E-state index in [9.17, 15) is 14.9 Å². The number of nitro groups is 1. The van der Waals surface area contributed by atoms with Gasteiger partial charge in [0.2, 0.25) is 0 Å². The second-order valence-electron chi connectivity index (χ2n) is 3.99. The van der Waals surface area contributed by atoms with Crippen molar-refractivity contribution in [2.45, 2.75) is 12.8 Å². The molecule has 0 radical (unpaired) electrons. The Morgan fingerprint density at radius 2 is 2.21 bits per heavy atom. The van der Waals surface area contributed by atoms with Gasteiger partial charge in [-0.25, -0.2) is 0 Å². The first kappa shape index (κ1) is 15.7. The van der Waals surface area contributed by atoms with Gasteiger partial charge >= 0.3 is 5.97 Å². The molecule has 0 bridgehead atoms. The summed E-state index contributed by atoms with van der Waals surface area (Å²) in [6.45, 7) is 0.683. The minimum absolute atomic E-state index is 0.0797. The Morgan fingerprint density at radius 3 is 2.74 bits per heavy atom. The molecule has 0 unspecified atom stereocenters. The van der Waals surface area contributed by atoms with Gasteiger partial charge in [0.25, 0.3) is 5.69 Å². The average molecular weight is 378 g/mol. The Labute approximate surface area is 125 Å². The summed E-state index contributed by atoms with van der Waals surface area (Å²) in [5, 5.41) is 10.7. The van der Waals surface area contributed by atoms with E-state index in [1.165, 1.54) is 19.2 Å². The highest BCUT2D eigenvalue weighted by Crippen LogP contribution is 2.26. The number of carbonyl (C=O) groups excluding carboxylic acids is 1. The first-order valence-corrected chi connectivity index (χ1v) is 6.75. The molecule has 0 aromatic heterocycles. The summed E-state index contributed by atoms with van der Waals surface area (Å²) in [6, 6.07) is 4.74. The fraction of sp³-hybridized carbons (Fsp3) is 0.417. The van der Waals surface area contributed by atoms with Crippen molar-refractivity contribution in [1.29, 1.82) is 0 Å². The molecular weight excluding hydrogens is 363 g/mol. The zero-order chi connectivity index (χ0) is 14.4. The van der Waals surface area contributed by atoms with Gasteiger partial charge in [-0.05, 0) is 35.1 Å². The fourth-order valence-corrected chi connectivity index (χ4v) is 2.51. The minimum Gasteiger partial charge on any atom is -0.469 e. The van der Waals surface area contributed by atoms with E-state index >= 15 is 0 Å². The lowest BCUT2D eigenvalue weighted by atomic mass is 10.2. The molecule has 0 spiro atoms. The van der Waals surface area contributed by atoms with Gasteiger partial charge in [-0.3, -0.25) is 14.9 Å². The number of esters is 1. The first-order valence-electron chi connectivity index (χ1n) is 5.67. The van der Waals surface area contributed by atoms with Crippen molar-refractivity contribution in [1.82, 2.24) is 0 Å². The third kappa shape index (κ3) is 4.66. The Bertz CT molecular complexity index is 479. The maximum Gasteiger partial charge on any atom is 0.305 e. The molecule has 0 saturated carbocycles. The van der Waals surface area contributed by atoms with E-state index in [1.54, 1.807) is 6.07 Å². The summed E-state index contributed by atoms with van der Waals surface area (Å²) in [6.07, 6.45) is 1.04. The van der Waals surface area contributed by atoms with Crippen LogP contribution in [0, 0.1) is 13.7 Å². The van der Waals surface area contributed by atoms with E-state index in [4.69, 9.17) is 0 Å². The molecule has 0 fully saturated rings. The maximum atomic E-state index is 11.0. The van der Waals surface area contributed by atoms with Crippen LogP contribution in [0.4, 0.5) is 11.4 Å². The van der Waals surface area contributed by atoms with E-state index in [1.807, 2.05) is 11.9 Å². The lowest BCUT2D eigenvalue weighted by molar-refractivity contribution is -0.384. The van der Waals surface area contributed by atoms with Crippen molar-refractivity contribution < 1.29 is 14.5 Å². The number of ether oxygens (including phenoxy) is 1. The summed E-state index contributed by atoms with van der Waals surface area (Å²) in [4.78, 5) is 23.2. The molecule has 104 valence electrons. The van der Waals surface area contributed by atoms with Crippen molar-refractivity contribution in [3.63, 3.8) is 0 Å². The van der Waals surface area contributed by atoms with Crippen molar-refractivity contribution >= 4 is 39.9 Å². The van der Waals surface area contributed by atoms with Crippen molar-refractivity contribution in [2.75, 3.05) is 25.6 Å². The second kappa shape index (κ2) is 7.27. The molecule has 1 aromatic carbocycles. The van der Waals surface area contributed by atoms with Crippen LogP contribution in [0.2, 0.25) is 0 Å². The van der Waals surface area contributed by atoms with Crippen LogP contribution in [0.3, 0.4) is 0 Å². The van der Waals surface area contributed by atoms with Crippen LogP contribution in [-0.4, -0.2) is 31.6 Å². The molecule has 0 N–H and O–H groups in total. The molecule has 19 heavy (non-hydrogen) atoms. The van der Waals surface area contributed by atoms with Crippen LogP contribution in [0.25, 0.3) is 0 Å². The highest BCUT2D eigenvalue weighted by atomic mass is 127.